The maximum atomic E-state index is 11.1. The highest BCUT2D eigenvalue weighted by molar-refractivity contribution is 8.14. The highest BCUT2D eigenvalue weighted by atomic mass is 35.5. The van der Waals surface area contributed by atoms with E-state index in [4.69, 9.17) is 11.6 Å². The Balaban J connectivity index is 1.63. The van der Waals surface area contributed by atoms with E-state index in [-0.39, 0.29) is 5.91 Å². The topological polar surface area (TPSA) is 61.7 Å². The van der Waals surface area contributed by atoms with Crippen molar-refractivity contribution in [3.05, 3.63) is 5.15 Å². The first-order valence-electron chi connectivity index (χ1n) is 5.46. The van der Waals surface area contributed by atoms with Gasteiger partial charge in [0.15, 0.2) is 16.1 Å². The lowest BCUT2D eigenvalue weighted by atomic mass is 10.3. The van der Waals surface area contributed by atoms with Gasteiger partial charge in [0.25, 0.3) is 5.91 Å². The van der Waals surface area contributed by atoms with Crippen molar-refractivity contribution in [2.75, 3.05) is 36.8 Å². The van der Waals surface area contributed by atoms with Gasteiger partial charge in [-0.15, -0.1) is 0 Å². The fourth-order valence-corrected chi connectivity index (χ4v) is 3.56. The molecule has 0 N–H and O–H groups in total. The van der Waals surface area contributed by atoms with Gasteiger partial charge in [0, 0.05) is 26.2 Å². The van der Waals surface area contributed by atoms with Gasteiger partial charge in [-0.1, -0.05) is 23.4 Å². The van der Waals surface area contributed by atoms with Crippen molar-refractivity contribution in [2.45, 2.75) is 0 Å². The number of rotatable bonds is 1. The molecule has 1 aromatic heterocycles. The first kappa shape index (κ1) is 12.2. The van der Waals surface area contributed by atoms with Crippen molar-refractivity contribution in [3.8, 4) is 0 Å². The Kier molecular flexibility index (Phi) is 3.40. The van der Waals surface area contributed by atoms with E-state index in [9.17, 15) is 4.79 Å². The lowest BCUT2D eigenvalue weighted by Crippen LogP contribution is -2.48. The molecule has 1 saturated heterocycles. The smallest absolute Gasteiger partial charge is 0.258 e. The average Bonchev–Trinajstić information content (AvgIpc) is 2.98. The summed E-state index contributed by atoms with van der Waals surface area (Å²) in [7, 11) is 0. The number of aromatic nitrogens is 2. The van der Waals surface area contributed by atoms with Crippen molar-refractivity contribution in [2.24, 2.45) is 4.99 Å². The van der Waals surface area contributed by atoms with Crippen LogP contribution in [0.4, 0.5) is 5.82 Å². The second-order valence-electron chi connectivity index (χ2n) is 3.93. The quantitative estimate of drug-likeness (QED) is 0.769. The van der Waals surface area contributed by atoms with E-state index in [0.717, 1.165) is 48.9 Å². The molecule has 1 amide bonds. The fraction of sp³-hybridized carbons (Fsp3) is 0.556. The number of amides is 1. The molecule has 0 bridgehead atoms. The number of anilines is 1. The zero-order valence-corrected chi connectivity index (χ0v) is 11.8. The molecule has 0 unspecified atom stereocenters. The van der Waals surface area contributed by atoms with Gasteiger partial charge in [-0.05, 0) is 0 Å². The van der Waals surface area contributed by atoms with Crippen LogP contribution in [0.1, 0.15) is 0 Å². The van der Waals surface area contributed by atoms with Gasteiger partial charge in [-0.3, -0.25) is 4.79 Å². The molecule has 0 saturated carbocycles. The molecule has 0 radical (unpaired) electrons. The Morgan fingerprint density at radius 3 is 2.39 bits per heavy atom. The SMILES string of the molecule is O=C1CSC(N2CCN(c3nsnc3Cl)CC2)=N1. The maximum Gasteiger partial charge on any atom is 0.258 e. The molecule has 2 aliphatic rings. The molecule has 9 heteroatoms. The van der Waals surface area contributed by atoms with E-state index in [0.29, 0.717) is 10.9 Å². The van der Waals surface area contributed by atoms with Crippen LogP contribution in [0.3, 0.4) is 0 Å². The molecule has 0 aliphatic carbocycles. The van der Waals surface area contributed by atoms with Crippen LogP contribution in [-0.4, -0.2) is 56.7 Å². The number of nitrogens with zero attached hydrogens (tertiary/aromatic N) is 5. The van der Waals surface area contributed by atoms with Crippen LogP contribution in [0.2, 0.25) is 5.15 Å². The van der Waals surface area contributed by atoms with Crippen molar-refractivity contribution >= 4 is 52.0 Å². The minimum atomic E-state index is -0.0378. The minimum absolute atomic E-state index is 0.0378. The largest absolute Gasteiger partial charge is 0.350 e. The van der Waals surface area contributed by atoms with E-state index in [1.165, 1.54) is 11.8 Å². The molecule has 18 heavy (non-hydrogen) atoms. The van der Waals surface area contributed by atoms with Crippen molar-refractivity contribution in [1.82, 2.24) is 13.6 Å². The number of halogens is 1. The standard InChI is InChI=1S/C9H10ClN5OS2/c10-7-8(13-18-12-7)14-1-3-15(4-2-14)9-11-6(16)5-17-9/h1-5H2. The number of thioether (sulfide) groups is 1. The average molecular weight is 304 g/mol. The Morgan fingerprint density at radius 1 is 1.11 bits per heavy atom. The normalized spacial score (nSPS) is 20.5. The third-order valence-electron chi connectivity index (χ3n) is 2.83. The van der Waals surface area contributed by atoms with E-state index in [2.05, 4.69) is 23.5 Å². The van der Waals surface area contributed by atoms with Gasteiger partial charge in [0.1, 0.15) is 0 Å². The van der Waals surface area contributed by atoms with E-state index < -0.39 is 0 Å². The monoisotopic (exact) mass is 303 g/mol. The van der Waals surface area contributed by atoms with Crippen molar-refractivity contribution in [3.63, 3.8) is 0 Å². The number of amidine groups is 1. The maximum absolute atomic E-state index is 11.1. The van der Waals surface area contributed by atoms with Crippen LogP contribution in [0.15, 0.2) is 4.99 Å². The summed E-state index contributed by atoms with van der Waals surface area (Å²) in [5, 5.41) is 1.32. The van der Waals surface area contributed by atoms with Gasteiger partial charge >= 0.3 is 0 Å². The summed E-state index contributed by atoms with van der Waals surface area (Å²) in [6.45, 7) is 3.29. The fourth-order valence-electron chi connectivity index (χ4n) is 1.93. The molecular formula is C9H10ClN5OS2. The zero-order valence-electron chi connectivity index (χ0n) is 9.37. The predicted molar refractivity (Wildman–Crippen MR) is 73.6 cm³/mol. The van der Waals surface area contributed by atoms with Crippen molar-refractivity contribution in [1.29, 1.82) is 0 Å². The van der Waals surface area contributed by atoms with Gasteiger partial charge in [-0.2, -0.15) is 13.7 Å². The number of hydrogen-bond acceptors (Lipinski definition) is 7. The van der Waals surface area contributed by atoms with Gasteiger partial charge in [0.05, 0.1) is 17.5 Å². The molecule has 0 aromatic carbocycles. The Labute approximate surface area is 117 Å². The number of aliphatic imine (C=N–C) groups is 1. The second-order valence-corrected chi connectivity index (χ2v) is 5.76. The van der Waals surface area contributed by atoms with Crippen LogP contribution in [0.5, 0.6) is 0 Å². The summed E-state index contributed by atoms with van der Waals surface area (Å²) in [4.78, 5) is 19.4. The summed E-state index contributed by atoms with van der Waals surface area (Å²) in [6, 6.07) is 0. The molecule has 96 valence electrons. The molecule has 0 spiro atoms. The van der Waals surface area contributed by atoms with Crippen LogP contribution < -0.4 is 4.90 Å². The molecule has 3 rings (SSSR count). The lowest BCUT2D eigenvalue weighted by molar-refractivity contribution is -0.115. The number of piperazine rings is 1. The zero-order chi connectivity index (χ0) is 12.5. The summed E-state index contributed by atoms with van der Waals surface area (Å²) in [6.07, 6.45) is 0. The molecule has 6 nitrogen and oxygen atoms in total. The van der Waals surface area contributed by atoms with E-state index in [1.54, 1.807) is 0 Å². The summed E-state index contributed by atoms with van der Waals surface area (Å²) in [5.74, 6) is 1.19. The van der Waals surface area contributed by atoms with E-state index in [1.807, 2.05) is 0 Å². The van der Waals surface area contributed by atoms with Crippen LogP contribution in [-0.2, 0) is 4.79 Å². The first-order valence-corrected chi connectivity index (χ1v) is 7.56. The Bertz CT molecular complexity index is 497. The molecule has 1 fully saturated rings. The van der Waals surface area contributed by atoms with Crippen LogP contribution in [0.25, 0.3) is 0 Å². The molecular weight excluding hydrogens is 294 g/mol. The first-order chi connectivity index (χ1) is 8.74. The lowest BCUT2D eigenvalue weighted by Gasteiger charge is -2.35. The van der Waals surface area contributed by atoms with Crippen molar-refractivity contribution < 1.29 is 4.79 Å². The molecule has 1 aromatic rings. The second kappa shape index (κ2) is 5.02. The predicted octanol–water partition coefficient (Wildman–Crippen LogP) is 0.943. The molecule has 2 aliphatic heterocycles. The molecule has 0 atom stereocenters. The third kappa shape index (κ3) is 2.32. The van der Waals surface area contributed by atoms with E-state index >= 15 is 0 Å². The van der Waals surface area contributed by atoms with Gasteiger partial charge in [0.2, 0.25) is 0 Å². The minimum Gasteiger partial charge on any atom is -0.350 e. The highest BCUT2D eigenvalue weighted by Gasteiger charge is 2.26. The summed E-state index contributed by atoms with van der Waals surface area (Å²) in [5.41, 5.74) is 0. The number of hydrogen-bond donors (Lipinski definition) is 0. The third-order valence-corrected chi connectivity index (χ3v) is 4.70. The Morgan fingerprint density at radius 2 is 1.83 bits per heavy atom. The number of carbonyl (C=O) groups excluding carboxylic acids is 1. The van der Waals surface area contributed by atoms with Gasteiger partial charge in [-0.25, -0.2) is 0 Å². The summed E-state index contributed by atoms with van der Waals surface area (Å²) < 4.78 is 8.16. The number of carbonyl (C=O) groups is 1. The van der Waals surface area contributed by atoms with Gasteiger partial charge < -0.3 is 9.80 Å². The van der Waals surface area contributed by atoms with Crippen LogP contribution in [0, 0.1) is 0 Å². The Hall–Kier alpha value is -0.860. The molecule has 3 heterocycles. The van der Waals surface area contributed by atoms with Crippen LogP contribution >= 0.6 is 35.1 Å². The highest BCUT2D eigenvalue weighted by Crippen LogP contribution is 2.25. The summed E-state index contributed by atoms with van der Waals surface area (Å²) >= 11 is 8.61.